The van der Waals surface area contributed by atoms with Crippen LogP contribution in [0.15, 0.2) is 42.6 Å². The number of rotatable bonds is 3. The number of benzene rings is 1. The molecule has 0 saturated heterocycles. The Morgan fingerprint density at radius 1 is 1.20 bits per heavy atom. The maximum absolute atomic E-state index is 11.9. The van der Waals surface area contributed by atoms with Gasteiger partial charge in [-0.3, -0.25) is 14.9 Å². The molecule has 0 radical (unpaired) electrons. The minimum absolute atomic E-state index is 0.0446. The van der Waals surface area contributed by atoms with Gasteiger partial charge in [0.15, 0.2) is 6.20 Å². The fraction of sp³-hybridized carbons (Fsp3) is 0. The molecular weight excluding hydrogens is 286 g/mol. The molecule has 1 aromatic carbocycles. The van der Waals surface area contributed by atoms with Crippen LogP contribution in [0.3, 0.4) is 0 Å². The lowest BCUT2D eigenvalue weighted by Gasteiger charge is -2.05. The average molecular weight is 294 g/mol. The monoisotopic (exact) mass is 293 g/mol. The van der Waals surface area contributed by atoms with E-state index in [1.165, 1.54) is 36.4 Å². The Balaban J connectivity index is 2.14. The molecule has 1 aromatic heterocycles. The number of nitro groups is 1. The minimum atomic E-state index is -0.537. The molecule has 0 aliphatic heterocycles. The van der Waals surface area contributed by atoms with Gasteiger partial charge < -0.3 is 10.5 Å². The fourth-order valence-corrected chi connectivity index (χ4v) is 1.58. The standard InChI is InChI=1S/C12H8ClN3O4/c13-11-6-1-8(7-15(11)18)12(17)14-9-2-4-10(5-3-9)16(19)20/h1-7H,(H,14,17). The van der Waals surface area contributed by atoms with E-state index in [0.717, 1.165) is 6.20 Å². The number of pyridine rings is 1. The highest BCUT2D eigenvalue weighted by molar-refractivity contribution is 6.28. The normalized spacial score (nSPS) is 10.1. The van der Waals surface area contributed by atoms with E-state index in [1.807, 2.05) is 0 Å². The van der Waals surface area contributed by atoms with Crippen LogP contribution >= 0.6 is 11.6 Å². The molecule has 0 unspecified atom stereocenters. The van der Waals surface area contributed by atoms with Crippen molar-refractivity contribution >= 4 is 28.9 Å². The summed E-state index contributed by atoms with van der Waals surface area (Å²) in [4.78, 5) is 21.8. The molecule has 0 spiro atoms. The number of aromatic nitrogens is 1. The summed E-state index contributed by atoms with van der Waals surface area (Å²) in [5.74, 6) is -0.514. The summed E-state index contributed by atoms with van der Waals surface area (Å²) < 4.78 is 0.367. The number of carbonyl (C=O) groups excluding carboxylic acids is 1. The Morgan fingerprint density at radius 3 is 2.40 bits per heavy atom. The van der Waals surface area contributed by atoms with Crippen LogP contribution in [0.25, 0.3) is 0 Å². The third-order valence-corrected chi connectivity index (χ3v) is 2.76. The topological polar surface area (TPSA) is 99.2 Å². The number of anilines is 1. The van der Waals surface area contributed by atoms with Gasteiger partial charge in [-0.05, 0) is 29.8 Å². The van der Waals surface area contributed by atoms with Crippen LogP contribution in [0, 0.1) is 15.3 Å². The van der Waals surface area contributed by atoms with Crippen molar-refractivity contribution in [1.82, 2.24) is 0 Å². The maximum Gasteiger partial charge on any atom is 0.286 e. The molecule has 0 atom stereocenters. The molecule has 1 heterocycles. The van der Waals surface area contributed by atoms with E-state index in [-0.39, 0.29) is 16.4 Å². The smallest absolute Gasteiger partial charge is 0.286 e. The van der Waals surface area contributed by atoms with Gasteiger partial charge in [0, 0.05) is 23.9 Å². The van der Waals surface area contributed by atoms with Crippen LogP contribution in [0.4, 0.5) is 11.4 Å². The third kappa shape index (κ3) is 3.01. The predicted molar refractivity (Wildman–Crippen MR) is 71.5 cm³/mol. The summed E-state index contributed by atoms with van der Waals surface area (Å²) in [5.41, 5.74) is 0.433. The summed E-state index contributed by atoms with van der Waals surface area (Å²) in [5, 5.41) is 24.2. The van der Waals surface area contributed by atoms with Gasteiger partial charge in [0.2, 0.25) is 0 Å². The molecule has 0 fully saturated rings. The lowest BCUT2D eigenvalue weighted by Crippen LogP contribution is -2.29. The molecule has 1 amide bonds. The van der Waals surface area contributed by atoms with E-state index in [0.29, 0.717) is 10.4 Å². The lowest BCUT2D eigenvalue weighted by molar-refractivity contribution is -0.603. The van der Waals surface area contributed by atoms with E-state index >= 15 is 0 Å². The number of carbonyl (C=O) groups is 1. The molecule has 8 heteroatoms. The third-order valence-electron chi connectivity index (χ3n) is 2.47. The van der Waals surface area contributed by atoms with Crippen molar-refractivity contribution in [3.63, 3.8) is 0 Å². The van der Waals surface area contributed by atoms with E-state index in [4.69, 9.17) is 11.6 Å². The zero-order valence-corrected chi connectivity index (χ0v) is 10.7. The van der Waals surface area contributed by atoms with Gasteiger partial charge in [-0.25, -0.2) is 0 Å². The summed E-state index contributed by atoms with van der Waals surface area (Å²) in [7, 11) is 0. The number of non-ortho nitro benzene ring substituents is 1. The maximum atomic E-state index is 11.9. The molecule has 0 aliphatic rings. The van der Waals surface area contributed by atoms with Gasteiger partial charge in [0.05, 0.1) is 4.92 Å². The van der Waals surface area contributed by atoms with E-state index < -0.39 is 10.8 Å². The summed E-state index contributed by atoms with van der Waals surface area (Å²) >= 11 is 5.55. The highest BCUT2D eigenvalue weighted by Gasteiger charge is 2.12. The van der Waals surface area contributed by atoms with E-state index in [1.54, 1.807) is 0 Å². The van der Waals surface area contributed by atoms with Gasteiger partial charge in [-0.2, -0.15) is 4.73 Å². The Labute approximate surface area is 118 Å². The molecular formula is C12H8ClN3O4. The Morgan fingerprint density at radius 2 is 1.85 bits per heavy atom. The number of halogens is 1. The number of amides is 1. The molecule has 102 valence electrons. The highest BCUT2D eigenvalue weighted by atomic mass is 35.5. The lowest BCUT2D eigenvalue weighted by atomic mass is 10.2. The van der Waals surface area contributed by atoms with Crippen molar-refractivity contribution in [2.45, 2.75) is 0 Å². The van der Waals surface area contributed by atoms with Crippen LogP contribution in [0.5, 0.6) is 0 Å². The van der Waals surface area contributed by atoms with Crippen LogP contribution in [-0.2, 0) is 0 Å². The van der Waals surface area contributed by atoms with Crippen LogP contribution < -0.4 is 10.0 Å². The van der Waals surface area contributed by atoms with Crippen molar-refractivity contribution in [2.75, 3.05) is 5.32 Å². The number of nitro benzene ring substituents is 1. The quantitative estimate of drug-likeness (QED) is 0.308. The average Bonchev–Trinajstić information content (AvgIpc) is 2.42. The Bertz CT molecular complexity index is 673. The molecule has 7 nitrogen and oxygen atoms in total. The zero-order chi connectivity index (χ0) is 14.7. The van der Waals surface area contributed by atoms with Crippen molar-refractivity contribution < 1.29 is 14.4 Å². The number of hydrogen-bond donors (Lipinski definition) is 1. The van der Waals surface area contributed by atoms with Gasteiger partial charge in [-0.15, -0.1) is 0 Å². The molecule has 2 rings (SSSR count). The number of nitrogens with one attached hydrogen (secondary N) is 1. The van der Waals surface area contributed by atoms with Gasteiger partial charge >= 0.3 is 0 Å². The molecule has 2 aromatic rings. The second kappa shape index (κ2) is 5.54. The largest absolute Gasteiger partial charge is 0.618 e. The second-order valence-electron chi connectivity index (χ2n) is 3.82. The molecule has 20 heavy (non-hydrogen) atoms. The van der Waals surface area contributed by atoms with E-state index in [9.17, 15) is 20.1 Å². The van der Waals surface area contributed by atoms with Crippen molar-refractivity contribution in [3.05, 3.63) is 68.6 Å². The second-order valence-corrected chi connectivity index (χ2v) is 4.21. The minimum Gasteiger partial charge on any atom is -0.618 e. The van der Waals surface area contributed by atoms with Crippen LogP contribution in [-0.4, -0.2) is 10.8 Å². The van der Waals surface area contributed by atoms with Crippen molar-refractivity contribution in [1.29, 1.82) is 0 Å². The molecule has 0 bridgehead atoms. The fourth-order valence-electron chi connectivity index (χ4n) is 1.47. The Hall–Kier alpha value is -2.67. The van der Waals surface area contributed by atoms with E-state index in [2.05, 4.69) is 5.32 Å². The first-order valence-corrected chi connectivity index (χ1v) is 5.79. The molecule has 0 saturated carbocycles. The van der Waals surface area contributed by atoms with Crippen molar-refractivity contribution in [2.24, 2.45) is 0 Å². The highest BCUT2D eigenvalue weighted by Crippen LogP contribution is 2.16. The summed E-state index contributed by atoms with van der Waals surface area (Å²) in [6.45, 7) is 0. The first-order chi connectivity index (χ1) is 9.47. The summed E-state index contributed by atoms with van der Waals surface area (Å²) in [6, 6.07) is 8.04. The van der Waals surface area contributed by atoms with Crippen molar-refractivity contribution in [3.8, 4) is 0 Å². The van der Waals surface area contributed by atoms with Crippen LogP contribution in [0.1, 0.15) is 10.4 Å². The number of hydrogen-bond acceptors (Lipinski definition) is 4. The number of nitrogens with zero attached hydrogens (tertiary/aromatic N) is 2. The molecule has 1 N–H and O–H groups in total. The van der Waals surface area contributed by atoms with Gasteiger partial charge in [0.25, 0.3) is 16.7 Å². The summed E-state index contributed by atoms with van der Waals surface area (Å²) in [6.07, 6.45) is 1.04. The zero-order valence-electron chi connectivity index (χ0n) is 9.95. The van der Waals surface area contributed by atoms with Crippen LogP contribution in [0.2, 0.25) is 5.15 Å². The molecule has 0 aliphatic carbocycles. The predicted octanol–water partition coefficient (Wildman–Crippen LogP) is 2.13. The van der Waals surface area contributed by atoms with Gasteiger partial charge in [0.1, 0.15) is 5.56 Å². The Kier molecular flexibility index (Phi) is 3.81. The van der Waals surface area contributed by atoms with Gasteiger partial charge in [-0.1, -0.05) is 0 Å². The first kappa shape index (κ1) is 13.8. The first-order valence-electron chi connectivity index (χ1n) is 5.42. The SMILES string of the molecule is O=C(Nc1ccc([N+](=O)[O-])cc1)c1ccc(Cl)[n+]([O-])c1.